The molecule has 5 heteroatoms. The maximum atomic E-state index is 6.40. The maximum Gasteiger partial charge on any atom is 0.0825 e. The Bertz CT molecular complexity index is 906. The predicted molar refractivity (Wildman–Crippen MR) is 129 cm³/mol. The van der Waals surface area contributed by atoms with Crippen LogP contribution in [0.5, 0.6) is 0 Å². The van der Waals surface area contributed by atoms with Crippen LogP contribution >= 0.6 is 23.2 Å². The van der Waals surface area contributed by atoms with Gasteiger partial charge in [0.1, 0.15) is 0 Å². The average Bonchev–Trinajstić information content (AvgIpc) is 3.18. The van der Waals surface area contributed by atoms with Crippen LogP contribution in [0.4, 0.5) is 11.4 Å². The minimum absolute atomic E-state index is 0.644. The molecule has 3 aliphatic heterocycles. The summed E-state index contributed by atoms with van der Waals surface area (Å²) in [6.07, 6.45) is 7.62. The molecule has 160 valence electrons. The summed E-state index contributed by atoms with van der Waals surface area (Å²) < 4.78 is 0. The molecular weight excluding hydrogens is 413 g/mol. The Balaban J connectivity index is 1.08. The molecule has 0 atom stereocenters. The Morgan fingerprint density at radius 2 is 1.60 bits per heavy atom. The standard InChI is InChI=1S/C25H31Cl2N3/c26-22-7-3-8-23(24(22)27)29-15-13-28(14-16-29)10-2-1-5-19-17-20-6-4-11-30-12-9-21(18-19)25(20)30/h3,7-8,17-18H,1-2,4-6,9-16H2. The maximum absolute atomic E-state index is 6.40. The van der Waals surface area contributed by atoms with Crippen LogP contribution in [-0.2, 0) is 19.3 Å². The number of aryl methyl sites for hydroxylation is 2. The molecule has 0 saturated carbocycles. The molecule has 1 fully saturated rings. The van der Waals surface area contributed by atoms with Gasteiger partial charge in [0.25, 0.3) is 0 Å². The topological polar surface area (TPSA) is 9.72 Å². The first-order valence-electron chi connectivity index (χ1n) is 11.5. The molecule has 2 aromatic carbocycles. The molecule has 1 saturated heterocycles. The quantitative estimate of drug-likeness (QED) is 0.549. The summed E-state index contributed by atoms with van der Waals surface area (Å²) >= 11 is 12.6. The number of benzene rings is 2. The van der Waals surface area contributed by atoms with Crippen molar-refractivity contribution >= 4 is 34.6 Å². The molecule has 0 spiro atoms. The third kappa shape index (κ3) is 4.17. The fourth-order valence-electron chi connectivity index (χ4n) is 5.43. The van der Waals surface area contributed by atoms with Crippen molar-refractivity contribution in [2.75, 3.05) is 55.6 Å². The summed E-state index contributed by atoms with van der Waals surface area (Å²) in [6, 6.07) is 10.9. The molecule has 0 aromatic heterocycles. The van der Waals surface area contributed by atoms with Crippen LogP contribution in [0.25, 0.3) is 0 Å². The SMILES string of the molecule is Clc1cccc(N2CCN(CCCCc3cc4c5c(c3)CCN5CCC4)CC2)c1Cl. The minimum atomic E-state index is 0.644. The number of nitrogens with zero attached hydrogens (tertiary/aromatic N) is 3. The largest absolute Gasteiger partial charge is 0.371 e. The highest BCUT2D eigenvalue weighted by Gasteiger charge is 2.26. The lowest BCUT2D eigenvalue weighted by Gasteiger charge is -2.36. The molecule has 0 bridgehead atoms. The van der Waals surface area contributed by atoms with E-state index in [9.17, 15) is 0 Å². The van der Waals surface area contributed by atoms with Gasteiger partial charge in [-0.25, -0.2) is 0 Å². The highest BCUT2D eigenvalue weighted by molar-refractivity contribution is 6.43. The van der Waals surface area contributed by atoms with Gasteiger partial charge >= 0.3 is 0 Å². The van der Waals surface area contributed by atoms with Gasteiger partial charge in [0.15, 0.2) is 0 Å². The molecule has 0 unspecified atom stereocenters. The van der Waals surface area contributed by atoms with E-state index in [1.54, 1.807) is 22.4 Å². The lowest BCUT2D eigenvalue weighted by Crippen LogP contribution is -2.46. The number of halogens is 2. The van der Waals surface area contributed by atoms with Gasteiger partial charge in [-0.2, -0.15) is 0 Å². The molecule has 3 heterocycles. The van der Waals surface area contributed by atoms with Gasteiger partial charge < -0.3 is 9.80 Å². The zero-order valence-electron chi connectivity index (χ0n) is 17.7. The summed E-state index contributed by atoms with van der Waals surface area (Å²) in [6.45, 7) is 7.93. The lowest BCUT2D eigenvalue weighted by molar-refractivity contribution is 0.253. The van der Waals surface area contributed by atoms with E-state index in [-0.39, 0.29) is 0 Å². The van der Waals surface area contributed by atoms with Gasteiger partial charge in [0.05, 0.1) is 15.7 Å². The molecule has 3 nitrogen and oxygen atoms in total. The van der Waals surface area contributed by atoms with Crippen molar-refractivity contribution in [3.8, 4) is 0 Å². The Hall–Kier alpha value is -1.42. The number of unbranched alkanes of at least 4 members (excludes halogenated alkanes) is 1. The van der Waals surface area contributed by atoms with Crippen LogP contribution in [0.1, 0.15) is 36.0 Å². The molecule has 5 rings (SSSR count). The van der Waals surface area contributed by atoms with Gasteiger partial charge in [-0.3, -0.25) is 4.90 Å². The first kappa shape index (κ1) is 20.5. The predicted octanol–water partition coefficient (Wildman–Crippen LogP) is 5.45. The van der Waals surface area contributed by atoms with Crippen molar-refractivity contribution in [1.29, 1.82) is 0 Å². The van der Waals surface area contributed by atoms with Crippen LogP contribution in [-0.4, -0.2) is 50.7 Å². The van der Waals surface area contributed by atoms with Crippen LogP contribution in [0.2, 0.25) is 10.0 Å². The molecule has 2 aromatic rings. The van der Waals surface area contributed by atoms with Crippen molar-refractivity contribution < 1.29 is 0 Å². The van der Waals surface area contributed by atoms with Gasteiger partial charge in [-0.05, 0) is 73.9 Å². The van der Waals surface area contributed by atoms with Crippen LogP contribution in [0, 0.1) is 0 Å². The second-order valence-electron chi connectivity index (χ2n) is 8.96. The summed E-state index contributed by atoms with van der Waals surface area (Å²) in [5.41, 5.74) is 7.44. The number of rotatable bonds is 6. The van der Waals surface area contributed by atoms with E-state index in [0.29, 0.717) is 10.0 Å². The molecule has 0 N–H and O–H groups in total. The zero-order valence-corrected chi connectivity index (χ0v) is 19.2. The summed E-state index contributed by atoms with van der Waals surface area (Å²) in [7, 11) is 0. The second-order valence-corrected chi connectivity index (χ2v) is 9.75. The van der Waals surface area contributed by atoms with Gasteiger partial charge in [0.2, 0.25) is 0 Å². The number of hydrogen-bond acceptors (Lipinski definition) is 3. The van der Waals surface area contributed by atoms with Gasteiger partial charge in [-0.15, -0.1) is 0 Å². The Morgan fingerprint density at radius 1 is 0.800 bits per heavy atom. The monoisotopic (exact) mass is 443 g/mol. The van der Waals surface area contributed by atoms with E-state index in [1.807, 2.05) is 12.1 Å². The number of anilines is 2. The zero-order chi connectivity index (χ0) is 20.5. The van der Waals surface area contributed by atoms with E-state index < -0.39 is 0 Å². The molecule has 0 amide bonds. The molecule has 0 aliphatic carbocycles. The van der Waals surface area contributed by atoms with E-state index >= 15 is 0 Å². The Kier molecular flexibility index (Phi) is 6.13. The molecule has 30 heavy (non-hydrogen) atoms. The third-order valence-electron chi connectivity index (χ3n) is 7.00. The number of piperazine rings is 1. The first-order valence-corrected chi connectivity index (χ1v) is 12.3. The number of hydrogen-bond donors (Lipinski definition) is 0. The van der Waals surface area contributed by atoms with Crippen LogP contribution < -0.4 is 9.80 Å². The van der Waals surface area contributed by atoms with E-state index in [4.69, 9.17) is 23.2 Å². The fraction of sp³-hybridized carbons (Fsp3) is 0.520. The Morgan fingerprint density at radius 3 is 2.43 bits per heavy atom. The summed E-state index contributed by atoms with van der Waals surface area (Å²) in [4.78, 5) is 7.57. The normalized spacial score (nSPS) is 18.7. The summed E-state index contributed by atoms with van der Waals surface area (Å²) in [5, 5.41) is 1.33. The van der Waals surface area contributed by atoms with Crippen molar-refractivity contribution in [3.05, 3.63) is 57.1 Å². The van der Waals surface area contributed by atoms with Crippen molar-refractivity contribution in [2.24, 2.45) is 0 Å². The molecular formula is C25H31Cl2N3. The molecule has 0 radical (unpaired) electrons. The smallest absolute Gasteiger partial charge is 0.0825 e. The molecule has 3 aliphatic rings. The van der Waals surface area contributed by atoms with Crippen molar-refractivity contribution in [1.82, 2.24) is 4.90 Å². The van der Waals surface area contributed by atoms with Gasteiger partial charge in [0, 0.05) is 45.0 Å². The van der Waals surface area contributed by atoms with Crippen molar-refractivity contribution in [3.63, 3.8) is 0 Å². The van der Waals surface area contributed by atoms with E-state index in [1.165, 1.54) is 58.2 Å². The lowest BCUT2D eigenvalue weighted by atomic mass is 9.95. The van der Waals surface area contributed by atoms with Crippen LogP contribution in [0.15, 0.2) is 30.3 Å². The van der Waals surface area contributed by atoms with E-state index in [0.717, 1.165) is 31.9 Å². The van der Waals surface area contributed by atoms with Crippen LogP contribution in [0.3, 0.4) is 0 Å². The highest BCUT2D eigenvalue weighted by atomic mass is 35.5. The minimum Gasteiger partial charge on any atom is -0.371 e. The fourth-order valence-corrected chi connectivity index (χ4v) is 5.84. The highest BCUT2D eigenvalue weighted by Crippen LogP contribution is 2.37. The Labute approximate surface area is 190 Å². The average molecular weight is 444 g/mol. The van der Waals surface area contributed by atoms with Crippen molar-refractivity contribution in [2.45, 2.75) is 38.5 Å². The van der Waals surface area contributed by atoms with E-state index in [2.05, 4.69) is 32.9 Å². The summed E-state index contributed by atoms with van der Waals surface area (Å²) in [5.74, 6) is 0. The van der Waals surface area contributed by atoms with Gasteiger partial charge in [-0.1, -0.05) is 41.4 Å². The third-order valence-corrected chi connectivity index (χ3v) is 7.81. The first-order chi connectivity index (χ1) is 14.7. The second kappa shape index (κ2) is 8.98.